The summed E-state index contributed by atoms with van der Waals surface area (Å²) in [5, 5.41) is 15.0. The maximum Gasteiger partial charge on any atom is 0.228 e. The van der Waals surface area contributed by atoms with E-state index >= 15 is 0 Å². The summed E-state index contributed by atoms with van der Waals surface area (Å²) < 4.78 is 2.23. The Balaban J connectivity index is 1.56. The minimum absolute atomic E-state index is 0.0676. The van der Waals surface area contributed by atoms with Crippen LogP contribution in [0.5, 0.6) is 0 Å². The zero-order valence-corrected chi connectivity index (χ0v) is 13.8. The first kappa shape index (κ1) is 15.3. The molecule has 24 heavy (non-hydrogen) atoms. The number of benzene rings is 1. The molecule has 3 heterocycles. The van der Waals surface area contributed by atoms with Gasteiger partial charge in [-0.3, -0.25) is 4.79 Å². The number of carbonyl (C=O) groups excluding carboxylic acids is 1. The highest BCUT2D eigenvalue weighted by molar-refractivity contribution is 5.93. The second kappa shape index (κ2) is 6.73. The summed E-state index contributed by atoms with van der Waals surface area (Å²) in [5.41, 5.74) is 1.84. The van der Waals surface area contributed by atoms with Gasteiger partial charge in [-0.15, -0.1) is 10.2 Å². The first-order valence-corrected chi connectivity index (χ1v) is 8.85. The molecule has 1 fully saturated rings. The largest absolute Gasteiger partial charge is 0.326 e. The summed E-state index contributed by atoms with van der Waals surface area (Å²) >= 11 is 0. The lowest BCUT2D eigenvalue weighted by Gasteiger charge is -2.11. The van der Waals surface area contributed by atoms with Gasteiger partial charge < -0.3 is 15.2 Å². The Hall–Kier alpha value is -2.21. The number of hydrogen-bond donors (Lipinski definition) is 2. The molecule has 6 heteroatoms. The van der Waals surface area contributed by atoms with Gasteiger partial charge in [0.1, 0.15) is 5.82 Å². The molecule has 2 N–H and O–H groups in total. The van der Waals surface area contributed by atoms with Gasteiger partial charge >= 0.3 is 0 Å². The Morgan fingerprint density at radius 3 is 3.08 bits per heavy atom. The van der Waals surface area contributed by atoms with Crippen molar-refractivity contribution in [3.8, 4) is 11.4 Å². The van der Waals surface area contributed by atoms with Crippen LogP contribution in [0, 0.1) is 5.92 Å². The number of anilines is 1. The predicted octanol–water partition coefficient (Wildman–Crippen LogP) is 2.22. The van der Waals surface area contributed by atoms with Crippen molar-refractivity contribution in [3.63, 3.8) is 0 Å². The zero-order valence-electron chi connectivity index (χ0n) is 13.8. The van der Waals surface area contributed by atoms with Crippen molar-refractivity contribution >= 4 is 11.6 Å². The van der Waals surface area contributed by atoms with E-state index in [0.717, 1.165) is 55.4 Å². The smallest absolute Gasteiger partial charge is 0.228 e. The molecule has 0 saturated carbocycles. The van der Waals surface area contributed by atoms with Gasteiger partial charge in [-0.25, -0.2) is 0 Å². The Bertz CT molecular complexity index is 733. The molecular formula is C18H23N5O. The van der Waals surface area contributed by atoms with Gasteiger partial charge in [0, 0.05) is 30.8 Å². The van der Waals surface area contributed by atoms with Crippen LogP contribution in [0.4, 0.5) is 5.69 Å². The molecular weight excluding hydrogens is 302 g/mol. The van der Waals surface area contributed by atoms with Crippen molar-refractivity contribution < 1.29 is 4.79 Å². The van der Waals surface area contributed by atoms with Crippen LogP contribution in [0.1, 0.15) is 31.5 Å². The monoisotopic (exact) mass is 325 g/mol. The third kappa shape index (κ3) is 3.06. The Morgan fingerprint density at radius 1 is 1.25 bits per heavy atom. The molecule has 126 valence electrons. The maximum absolute atomic E-state index is 12.3. The van der Waals surface area contributed by atoms with E-state index < -0.39 is 0 Å². The predicted molar refractivity (Wildman–Crippen MR) is 92.6 cm³/mol. The number of nitrogens with one attached hydrogen (secondary N) is 2. The summed E-state index contributed by atoms with van der Waals surface area (Å²) in [6.07, 6.45) is 5.50. The molecule has 0 radical (unpaired) electrons. The van der Waals surface area contributed by atoms with Crippen molar-refractivity contribution in [1.82, 2.24) is 20.1 Å². The fourth-order valence-electron chi connectivity index (χ4n) is 3.56. The Morgan fingerprint density at radius 2 is 2.21 bits per heavy atom. The quantitative estimate of drug-likeness (QED) is 0.908. The number of amides is 1. The van der Waals surface area contributed by atoms with Gasteiger partial charge in [0.25, 0.3) is 0 Å². The average molecular weight is 325 g/mol. The van der Waals surface area contributed by atoms with Crippen LogP contribution in [0.2, 0.25) is 0 Å². The van der Waals surface area contributed by atoms with Gasteiger partial charge in [0.15, 0.2) is 5.82 Å². The number of aromatic nitrogens is 3. The second-order valence-corrected chi connectivity index (χ2v) is 6.66. The Kier molecular flexibility index (Phi) is 4.30. The highest BCUT2D eigenvalue weighted by atomic mass is 16.1. The van der Waals surface area contributed by atoms with Gasteiger partial charge in [0.2, 0.25) is 5.91 Å². The standard InChI is InChI=1S/C18H23N5O/c24-18(14-8-9-19-12-14)20-15-6-4-5-13(11-15)17-22-21-16-7-2-1-3-10-23(16)17/h4-6,11,14,19H,1-3,7-10,12H2,(H,20,24). The van der Waals surface area contributed by atoms with Crippen molar-refractivity contribution in [2.45, 2.75) is 38.6 Å². The van der Waals surface area contributed by atoms with Crippen LogP contribution in [-0.2, 0) is 17.8 Å². The molecule has 1 aromatic heterocycles. The van der Waals surface area contributed by atoms with Gasteiger partial charge in [0.05, 0.1) is 5.92 Å². The zero-order chi connectivity index (χ0) is 16.4. The highest BCUT2D eigenvalue weighted by Crippen LogP contribution is 2.25. The van der Waals surface area contributed by atoms with Crippen LogP contribution in [0.15, 0.2) is 24.3 Å². The molecule has 1 aromatic carbocycles. The van der Waals surface area contributed by atoms with E-state index in [2.05, 4.69) is 25.4 Å². The molecule has 2 aliphatic heterocycles. The van der Waals surface area contributed by atoms with E-state index in [1.54, 1.807) is 0 Å². The molecule has 6 nitrogen and oxygen atoms in total. The molecule has 1 amide bonds. The van der Waals surface area contributed by atoms with Crippen LogP contribution in [0.25, 0.3) is 11.4 Å². The molecule has 0 spiro atoms. The van der Waals surface area contributed by atoms with Crippen LogP contribution in [-0.4, -0.2) is 33.8 Å². The summed E-state index contributed by atoms with van der Waals surface area (Å²) in [6.45, 7) is 2.66. The third-order valence-corrected chi connectivity index (χ3v) is 4.93. The normalized spacial score (nSPS) is 20.4. The van der Waals surface area contributed by atoms with Crippen LogP contribution < -0.4 is 10.6 Å². The van der Waals surface area contributed by atoms with Crippen molar-refractivity contribution in [1.29, 1.82) is 0 Å². The van der Waals surface area contributed by atoms with E-state index in [-0.39, 0.29) is 11.8 Å². The van der Waals surface area contributed by atoms with Gasteiger partial charge in [-0.1, -0.05) is 18.6 Å². The van der Waals surface area contributed by atoms with E-state index in [0.29, 0.717) is 0 Å². The molecule has 2 aromatic rings. The summed E-state index contributed by atoms with van der Waals surface area (Å²) in [7, 11) is 0. The van der Waals surface area contributed by atoms with E-state index in [1.807, 2.05) is 24.3 Å². The lowest BCUT2D eigenvalue weighted by Crippen LogP contribution is -2.24. The molecule has 2 aliphatic rings. The first-order chi connectivity index (χ1) is 11.8. The fraction of sp³-hybridized carbons (Fsp3) is 0.500. The minimum Gasteiger partial charge on any atom is -0.326 e. The second-order valence-electron chi connectivity index (χ2n) is 6.66. The van der Waals surface area contributed by atoms with E-state index in [4.69, 9.17) is 0 Å². The molecule has 1 unspecified atom stereocenters. The lowest BCUT2D eigenvalue weighted by atomic mass is 10.1. The molecule has 4 rings (SSSR count). The summed E-state index contributed by atoms with van der Waals surface area (Å²) in [6, 6.07) is 7.94. The number of rotatable bonds is 3. The minimum atomic E-state index is 0.0676. The number of carbonyl (C=O) groups is 1. The molecule has 0 bridgehead atoms. The lowest BCUT2D eigenvalue weighted by molar-refractivity contribution is -0.119. The number of aryl methyl sites for hydroxylation is 1. The van der Waals surface area contributed by atoms with E-state index in [9.17, 15) is 4.79 Å². The third-order valence-electron chi connectivity index (χ3n) is 4.93. The average Bonchev–Trinajstić information content (AvgIpc) is 3.21. The van der Waals surface area contributed by atoms with Crippen molar-refractivity contribution in [3.05, 3.63) is 30.1 Å². The first-order valence-electron chi connectivity index (χ1n) is 8.85. The maximum atomic E-state index is 12.3. The SMILES string of the molecule is O=C(Nc1cccc(-c2nnc3n2CCCCC3)c1)C1CCNC1. The van der Waals surface area contributed by atoms with Crippen LogP contribution >= 0.6 is 0 Å². The highest BCUT2D eigenvalue weighted by Gasteiger charge is 2.22. The molecule has 1 saturated heterocycles. The van der Waals surface area contributed by atoms with E-state index in [1.165, 1.54) is 19.3 Å². The summed E-state index contributed by atoms with van der Waals surface area (Å²) in [4.78, 5) is 12.3. The topological polar surface area (TPSA) is 71.8 Å². The van der Waals surface area contributed by atoms with Gasteiger partial charge in [-0.05, 0) is 37.9 Å². The fourth-order valence-corrected chi connectivity index (χ4v) is 3.56. The number of hydrogen-bond acceptors (Lipinski definition) is 4. The van der Waals surface area contributed by atoms with Crippen molar-refractivity contribution in [2.24, 2.45) is 5.92 Å². The van der Waals surface area contributed by atoms with Gasteiger partial charge in [-0.2, -0.15) is 0 Å². The Labute approximate surface area is 141 Å². The van der Waals surface area contributed by atoms with Crippen molar-refractivity contribution in [2.75, 3.05) is 18.4 Å². The molecule has 0 aliphatic carbocycles. The molecule has 1 atom stereocenters. The summed E-state index contributed by atoms with van der Waals surface area (Å²) in [5.74, 6) is 2.15. The number of fused-ring (bicyclic) bond motifs is 1. The van der Waals surface area contributed by atoms with Crippen LogP contribution in [0.3, 0.4) is 0 Å². The number of nitrogens with zero attached hydrogens (tertiary/aromatic N) is 3.